The Hall–Kier alpha value is -5.21. The van der Waals surface area contributed by atoms with Gasteiger partial charge in [-0.3, -0.25) is 33.5 Å². The number of amides is 5. The van der Waals surface area contributed by atoms with E-state index in [0.717, 1.165) is 0 Å². The Morgan fingerprint density at radius 2 is 1.59 bits per heavy atom. The van der Waals surface area contributed by atoms with Crippen LogP contribution in [0.25, 0.3) is 11.0 Å². The topological polar surface area (TPSA) is 351 Å². The molecule has 0 aliphatic rings. The minimum atomic E-state index is -1.46. The fourth-order valence-corrected chi connectivity index (χ4v) is 4.16. The summed E-state index contributed by atoms with van der Waals surface area (Å²) in [7, 11) is 0. The fraction of sp³-hybridized carbons (Fsp3) is 0.478. The molecule has 0 fully saturated rings. The van der Waals surface area contributed by atoms with Crippen molar-refractivity contribution < 1.29 is 24.0 Å². The van der Waals surface area contributed by atoms with E-state index >= 15 is 0 Å². The monoisotopic (exact) mass is 636 g/mol. The maximum atomic E-state index is 13.1. The molecule has 2 aromatic heterocycles. The highest BCUT2D eigenvalue weighted by Gasteiger charge is 2.29. The molecule has 15 N–H and O–H groups in total. The van der Waals surface area contributed by atoms with Gasteiger partial charge in [0.25, 0.3) is 0 Å². The van der Waals surface area contributed by atoms with Crippen LogP contribution in [0.15, 0.2) is 16.0 Å². The van der Waals surface area contributed by atoms with Gasteiger partial charge in [-0.25, -0.2) is 9.78 Å². The second-order valence-corrected chi connectivity index (χ2v) is 9.81. The van der Waals surface area contributed by atoms with Gasteiger partial charge >= 0.3 is 5.69 Å². The van der Waals surface area contributed by atoms with Crippen molar-refractivity contribution in [1.82, 2.24) is 35.5 Å². The van der Waals surface area contributed by atoms with Gasteiger partial charge in [-0.2, -0.15) is 22.6 Å². The number of nitrogens with two attached hydrogens (primary N) is 6. The molecule has 2 heterocycles. The number of aromatic nitrogens is 4. The van der Waals surface area contributed by atoms with Gasteiger partial charge in [-0.05, 0) is 19.3 Å². The van der Waals surface area contributed by atoms with Crippen molar-refractivity contribution in [3.05, 3.63) is 16.7 Å². The number of primary amides is 2. The molecule has 0 aromatic carbocycles. The Morgan fingerprint density at radius 3 is 2.20 bits per heavy atom. The summed E-state index contributed by atoms with van der Waals surface area (Å²) in [5.74, 6) is -4.58. The van der Waals surface area contributed by atoms with Crippen molar-refractivity contribution in [2.45, 2.75) is 56.8 Å². The number of fused-ring (bicyclic) bond motifs is 1. The molecule has 0 radical (unpaired) electrons. The number of carbonyl (C=O) groups excluding carboxylic acids is 5. The van der Waals surface area contributed by atoms with E-state index in [1.807, 2.05) is 0 Å². The summed E-state index contributed by atoms with van der Waals surface area (Å²) in [6.07, 6.45) is 0.840. The normalized spacial score (nSPS) is 12.8. The standard InChI is InChI=1S/C23H36N14O6S/c24-14(38)7-12(20(42)33-11(3-1-5-30-21(27)28)19(41)34-13(9-44)17(26)40)32-15(39)4-2-6-37-18-10(8-31-22(29)36-18)16(25)35-23(37)43/h8,11-13,44H,1-7,9H2,(H2,24,38)(H2,26,40)(H,32,39)(H,33,42)(H,34,41)(H2,25,35,43)(H4,27,28,30)(H2,29,31,36)/t11-,12-,13-/m0/s1. The number of nitrogens with one attached hydrogen (secondary N) is 3. The maximum absolute atomic E-state index is 13.1. The third-order valence-corrected chi connectivity index (χ3v) is 6.39. The van der Waals surface area contributed by atoms with Gasteiger partial charge in [0, 0.05) is 31.5 Å². The van der Waals surface area contributed by atoms with Crippen LogP contribution in [-0.4, -0.2) is 85.4 Å². The fourth-order valence-electron chi connectivity index (χ4n) is 3.89. The number of anilines is 2. The average molecular weight is 637 g/mol. The molecule has 5 amide bonds. The minimum Gasteiger partial charge on any atom is -0.383 e. The lowest BCUT2D eigenvalue weighted by Gasteiger charge is -2.24. The molecule has 0 aliphatic carbocycles. The van der Waals surface area contributed by atoms with Gasteiger partial charge in [-0.15, -0.1) is 0 Å². The molecule has 0 unspecified atom stereocenters. The smallest absolute Gasteiger partial charge is 0.351 e. The number of hydrogen-bond donors (Lipinski definition) is 10. The van der Waals surface area contributed by atoms with E-state index in [9.17, 15) is 28.8 Å². The van der Waals surface area contributed by atoms with Gasteiger partial charge in [-0.1, -0.05) is 0 Å². The van der Waals surface area contributed by atoms with E-state index in [-0.39, 0.29) is 73.3 Å². The van der Waals surface area contributed by atoms with Crippen LogP contribution < -0.4 is 56.0 Å². The second kappa shape index (κ2) is 16.4. The Balaban J connectivity index is 2.13. The van der Waals surface area contributed by atoms with Gasteiger partial charge in [0.1, 0.15) is 23.9 Å². The summed E-state index contributed by atoms with van der Waals surface area (Å²) < 4.78 is 1.17. The number of thiol groups is 1. The lowest BCUT2D eigenvalue weighted by atomic mass is 10.1. The Labute approximate surface area is 255 Å². The van der Waals surface area contributed by atoms with Crippen LogP contribution in [0.5, 0.6) is 0 Å². The number of aliphatic imine (C=N–C) groups is 1. The summed E-state index contributed by atoms with van der Waals surface area (Å²) in [6, 6.07) is -3.83. The highest BCUT2D eigenvalue weighted by molar-refractivity contribution is 7.80. The first kappa shape index (κ1) is 35.0. The van der Waals surface area contributed by atoms with Crippen LogP contribution in [0.3, 0.4) is 0 Å². The number of carbonyl (C=O) groups is 5. The second-order valence-electron chi connectivity index (χ2n) is 9.45. The zero-order chi connectivity index (χ0) is 33.0. The van der Waals surface area contributed by atoms with E-state index in [2.05, 4.69) is 48.5 Å². The maximum Gasteiger partial charge on any atom is 0.351 e. The predicted octanol–water partition coefficient (Wildman–Crippen LogP) is -5.07. The minimum absolute atomic E-state index is 0.00997. The first-order chi connectivity index (χ1) is 20.7. The summed E-state index contributed by atoms with van der Waals surface area (Å²) in [4.78, 5) is 89.9. The van der Waals surface area contributed by atoms with Crippen LogP contribution in [-0.2, 0) is 30.5 Å². The number of nitrogen functional groups attached to an aromatic ring is 2. The molecule has 0 saturated carbocycles. The van der Waals surface area contributed by atoms with Gasteiger partial charge in [0.05, 0.1) is 11.8 Å². The van der Waals surface area contributed by atoms with Crippen molar-refractivity contribution in [2.24, 2.45) is 27.9 Å². The first-order valence-corrected chi connectivity index (χ1v) is 13.8. The molecule has 0 aliphatic heterocycles. The third kappa shape index (κ3) is 10.6. The van der Waals surface area contributed by atoms with Gasteiger partial charge in [0.2, 0.25) is 35.5 Å². The van der Waals surface area contributed by atoms with Crippen molar-refractivity contribution in [2.75, 3.05) is 23.8 Å². The average Bonchev–Trinajstić information content (AvgIpc) is 2.93. The van der Waals surface area contributed by atoms with Crippen LogP contribution in [0.2, 0.25) is 0 Å². The van der Waals surface area contributed by atoms with Crippen LogP contribution >= 0.6 is 12.6 Å². The van der Waals surface area contributed by atoms with Crippen LogP contribution in [0.1, 0.15) is 32.1 Å². The summed E-state index contributed by atoms with van der Waals surface area (Å²) in [6.45, 7) is 0.0964. The molecule has 0 spiro atoms. The lowest BCUT2D eigenvalue weighted by molar-refractivity contribution is -0.134. The zero-order valence-electron chi connectivity index (χ0n) is 23.6. The molecule has 3 atom stereocenters. The summed E-state index contributed by atoms with van der Waals surface area (Å²) in [5.41, 5.74) is 32.0. The number of rotatable bonds is 17. The van der Waals surface area contributed by atoms with E-state index in [4.69, 9.17) is 34.4 Å². The molecular formula is C23H36N14O6S. The molecule has 0 bridgehead atoms. The molecule has 44 heavy (non-hydrogen) atoms. The van der Waals surface area contributed by atoms with E-state index in [1.54, 1.807) is 0 Å². The Kier molecular flexibility index (Phi) is 13.1. The van der Waals surface area contributed by atoms with Crippen molar-refractivity contribution in [3.8, 4) is 0 Å². The van der Waals surface area contributed by atoms with Crippen LogP contribution in [0.4, 0.5) is 11.8 Å². The molecular weight excluding hydrogens is 600 g/mol. The van der Waals surface area contributed by atoms with Crippen molar-refractivity contribution >= 4 is 70.9 Å². The molecule has 20 nitrogen and oxygen atoms in total. The van der Waals surface area contributed by atoms with Crippen molar-refractivity contribution in [3.63, 3.8) is 0 Å². The third-order valence-electron chi connectivity index (χ3n) is 6.03. The SMILES string of the molecule is NC(=O)C[C@H](NC(=O)CCCn1c(=O)nc(N)c2cnc(N)nc21)C(=O)N[C@@H](CCCN=C(N)N)C(=O)N[C@@H](CS)C(N)=O. The Morgan fingerprint density at radius 1 is 0.932 bits per heavy atom. The summed E-state index contributed by atoms with van der Waals surface area (Å²) in [5, 5.41) is 7.53. The first-order valence-electron chi connectivity index (χ1n) is 13.2. The summed E-state index contributed by atoms with van der Waals surface area (Å²) >= 11 is 3.98. The number of nitrogens with zero attached hydrogens (tertiary/aromatic N) is 5. The zero-order valence-corrected chi connectivity index (χ0v) is 24.5. The van der Waals surface area contributed by atoms with E-state index in [1.165, 1.54) is 10.8 Å². The van der Waals surface area contributed by atoms with Crippen LogP contribution in [0, 0.1) is 0 Å². The Bertz CT molecular complexity index is 1480. The number of guanidine groups is 1. The highest BCUT2D eigenvalue weighted by Crippen LogP contribution is 2.15. The van der Waals surface area contributed by atoms with E-state index < -0.39 is 59.8 Å². The molecule has 2 rings (SSSR count). The molecule has 240 valence electrons. The number of hydrogen-bond acceptors (Lipinski definition) is 13. The van der Waals surface area contributed by atoms with E-state index in [0.29, 0.717) is 0 Å². The lowest BCUT2D eigenvalue weighted by Crippen LogP contribution is -2.57. The largest absolute Gasteiger partial charge is 0.383 e. The van der Waals surface area contributed by atoms with Crippen molar-refractivity contribution in [1.29, 1.82) is 0 Å². The number of aryl methyl sites for hydroxylation is 1. The van der Waals surface area contributed by atoms with Gasteiger partial charge < -0.3 is 50.4 Å². The van der Waals surface area contributed by atoms with Gasteiger partial charge in [0.15, 0.2) is 11.6 Å². The quantitative estimate of drug-likeness (QED) is 0.0336. The molecule has 2 aromatic rings. The molecule has 21 heteroatoms. The highest BCUT2D eigenvalue weighted by atomic mass is 32.1. The molecule has 0 saturated heterocycles. The predicted molar refractivity (Wildman–Crippen MR) is 162 cm³/mol.